The van der Waals surface area contributed by atoms with Crippen LogP contribution in [0, 0.1) is 17.8 Å². The van der Waals surface area contributed by atoms with Gasteiger partial charge in [-0.3, -0.25) is 19.1 Å². The number of nitrogens with zero attached hydrogens (tertiary/aromatic N) is 2. The number of ether oxygens (including phenoxy) is 3. The Morgan fingerprint density at radius 2 is 1.81 bits per heavy atom. The van der Waals surface area contributed by atoms with Gasteiger partial charge in [0.05, 0.1) is 29.1 Å². The number of allylic oxidation sites excluding steroid dienone is 1. The largest absolute Gasteiger partial charge is 0.489 e. The first kappa shape index (κ1) is 44.2. The van der Waals surface area contributed by atoms with Crippen molar-refractivity contribution in [1.29, 1.82) is 0 Å². The van der Waals surface area contributed by atoms with Gasteiger partial charge >= 0.3 is 12.3 Å². The van der Waals surface area contributed by atoms with Gasteiger partial charge in [-0.15, -0.1) is 0 Å². The molecule has 59 heavy (non-hydrogen) atoms. The predicted molar refractivity (Wildman–Crippen MR) is 211 cm³/mol. The Kier molecular flexibility index (Phi) is 12.5. The molecular formula is C40H51ClF3N5O9S. The Morgan fingerprint density at radius 1 is 1.10 bits per heavy atom. The zero-order chi connectivity index (χ0) is 43.2. The number of carbonyl (C=O) groups excluding carboxylic acids is 4. The number of pyridine rings is 1. The summed E-state index contributed by atoms with van der Waals surface area (Å²) < 4.78 is 86.4. The molecule has 2 aromatic rings. The van der Waals surface area contributed by atoms with E-state index in [9.17, 15) is 40.8 Å². The fourth-order valence-corrected chi connectivity index (χ4v) is 9.37. The molecule has 0 unspecified atom stereocenters. The van der Waals surface area contributed by atoms with E-state index >= 15 is 0 Å². The third kappa shape index (κ3) is 9.68. The molecule has 0 spiro atoms. The second kappa shape index (κ2) is 16.6. The van der Waals surface area contributed by atoms with Gasteiger partial charge in [-0.1, -0.05) is 43.7 Å². The molecule has 0 radical (unpaired) electrons. The highest BCUT2D eigenvalue weighted by Gasteiger charge is 2.62. The number of nitrogens with one attached hydrogen (secondary N) is 3. The average molecular weight is 870 g/mol. The maximum absolute atomic E-state index is 14.8. The molecule has 7 atom stereocenters. The summed E-state index contributed by atoms with van der Waals surface area (Å²) in [4.78, 5) is 61.9. The van der Waals surface area contributed by atoms with E-state index < -0.39 is 86.4 Å². The highest BCUT2D eigenvalue weighted by atomic mass is 35.5. The van der Waals surface area contributed by atoms with E-state index in [0.29, 0.717) is 67.5 Å². The minimum atomic E-state index is -4.92. The molecule has 19 heteroatoms. The molecule has 4 amide bonds. The second-order valence-corrected chi connectivity index (χ2v) is 19.4. The summed E-state index contributed by atoms with van der Waals surface area (Å²) in [5.41, 5.74) is -4.54. The molecule has 4 aliphatic rings. The van der Waals surface area contributed by atoms with Crippen molar-refractivity contribution in [2.45, 2.75) is 133 Å². The van der Waals surface area contributed by atoms with Gasteiger partial charge in [0.15, 0.2) is 0 Å². The van der Waals surface area contributed by atoms with Crippen LogP contribution in [0.15, 0.2) is 36.5 Å². The lowest BCUT2D eigenvalue weighted by Crippen LogP contribution is -2.59. The lowest BCUT2D eigenvalue weighted by atomic mass is 9.88. The molecular weight excluding hydrogens is 819 g/mol. The minimum Gasteiger partial charge on any atom is -0.489 e. The van der Waals surface area contributed by atoms with Crippen molar-refractivity contribution < 1.29 is 55.0 Å². The number of fused-ring (bicyclic) bond motifs is 3. The lowest BCUT2D eigenvalue weighted by molar-refractivity contribution is -0.244. The topological polar surface area (TPSA) is 182 Å². The summed E-state index contributed by atoms with van der Waals surface area (Å²) in [6, 6.07) is 2.29. The van der Waals surface area contributed by atoms with E-state index in [1.165, 1.54) is 11.1 Å². The van der Waals surface area contributed by atoms with Gasteiger partial charge in [-0.2, -0.15) is 13.2 Å². The van der Waals surface area contributed by atoms with Crippen molar-refractivity contribution in [3.63, 3.8) is 0 Å². The SMILES string of the molecule is CC(C)Oc1cnc(O[C@@H]2C[C@H]3C(=O)N[C@]4(C(=O)NS(=O)(=O)C5CC5)C[C@H]4/C=C\CC[C@@H](C)C[C@@H](C)[C@H](NC(=O)OC(C)(C)C(F)(F)F)C(=O)N3C2)c2cccc(Cl)c12. The fraction of sp³-hybridized carbons (Fsp3) is 0.625. The number of alkyl carbamates (subject to hydrolysis) is 1. The van der Waals surface area contributed by atoms with Crippen LogP contribution in [0.1, 0.15) is 86.5 Å². The normalized spacial score (nSPS) is 28.7. The molecule has 1 aromatic carbocycles. The first-order chi connectivity index (χ1) is 27.5. The van der Waals surface area contributed by atoms with Gasteiger partial charge in [0, 0.05) is 23.1 Å². The zero-order valence-corrected chi connectivity index (χ0v) is 35.3. The van der Waals surface area contributed by atoms with Gasteiger partial charge in [0.2, 0.25) is 33.3 Å². The van der Waals surface area contributed by atoms with E-state index in [-0.39, 0.29) is 37.3 Å². The number of rotatable bonds is 9. The molecule has 3 N–H and O–H groups in total. The van der Waals surface area contributed by atoms with Crippen molar-refractivity contribution in [3.05, 3.63) is 41.6 Å². The maximum Gasteiger partial charge on any atom is 0.427 e. The second-order valence-electron chi connectivity index (χ2n) is 17.0. The van der Waals surface area contributed by atoms with E-state index in [1.807, 2.05) is 26.8 Å². The molecule has 0 bridgehead atoms. The van der Waals surface area contributed by atoms with Crippen molar-refractivity contribution in [2.75, 3.05) is 6.54 Å². The van der Waals surface area contributed by atoms with E-state index in [4.69, 9.17) is 25.8 Å². The predicted octanol–water partition coefficient (Wildman–Crippen LogP) is 5.96. The van der Waals surface area contributed by atoms with Gasteiger partial charge in [0.1, 0.15) is 29.5 Å². The first-order valence-corrected chi connectivity index (χ1v) is 21.8. The zero-order valence-electron chi connectivity index (χ0n) is 33.7. The minimum absolute atomic E-state index is 0.0468. The third-order valence-corrected chi connectivity index (χ3v) is 13.5. The highest BCUT2D eigenvalue weighted by molar-refractivity contribution is 7.91. The van der Waals surface area contributed by atoms with Crippen molar-refractivity contribution in [3.8, 4) is 11.6 Å². The van der Waals surface area contributed by atoms with Crippen LogP contribution >= 0.6 is 11.6 Å². The number of sulfonamides is 1. The van der Waals surface area contributed by atoms with E-state index in [1.54, 1.807) is 31.2 Å². The van der Waals surface area contributed by atoms with Crippen LogP contribution in [-0.4, -0.2) is 95.5 Å². The molecule has 3 heterocycles. The quantitative estimate of drug-likeness (QED) is 0.255. The van der Waals surface area contributed by atoms with Gasteiger partial charge in [0.25, 0.3) is 5.91 Å². The van der Waals surface area contributed by atoms with Crippen LogP contribution in [0.2, 0.25) is 5.02 Å². The molecule has 2 saturated carbocycles. The Labute approximate surface area is 346 Å². The fourth-order valence-electron chi connectivity index (χ4n) is 7.74. The Bertz CT molecular complexity index is 2120. The molecule has 324 valence electrons. The van der Waals surface area contributed by atoms with E-state index in [0.717, 1.165) is 0 Å². The molecule has 1 aromatic heterocycles. The first-order valence-electron chi connectivity index (χ1n) is 19.8. The number of alkyl halides is 3. The molecule has 2 aliphatic heterocycles. The number of carbonyl (C=O) groups is 4. The monoisotopic (exact) mass is 869 g/mol. The van der Waals surface area contributed by atoms with Crippen LogP contribution in [0.3, 0.4) is 0 Å². The van der Waals surface area contributed by atoms with Crippen molar-refractivity contribution in [2.24, 2.45) is 17.8 Å². The Hall–Kier alpha value is -4.32. The van der Waals surface area contributed by atoms with Crippen LogP contribution < -0.4 is 24.8 Å². The van der Waals surface area contributed by atoms with E-state index in [2.05, 4.69) is 20.3 Å². The summed E-state index contributed by atoms with van der Waals surface area (Å²) in [5, 5.41) is 5.80. The van der Waals surface area contributed by atoms with Crippen molar-refractivity contribution >= 4 is 56.2 Å². The summed E-state index contributed by atoms with van der Waals surface area (Å²) in [7, 11) is -3.99. The molecule has 6 rings (SSSR count). The van der Waals surface area contributed by atoms with Crippen molar-refractivity contribution in [1.82, 2.24) is 25.2 Å². The average Bonchev–Trinajstić information content (AvgIpc) is 4.05. The summed E-state index contributed by atoms with van der Waals surface area (Å²) in [5.74, 6) is -3.22. The van der Waals surface area contributed by atoms with Crippen LogP contribution in [0.4, 0.5) is 18.0 Å². The summed E-state index contributed by atoms with van der Waals surface area (Å²) >= 11 is 6.61. The van der Waals surface area contributed by atoms with Gasteiger partial charge in [-0.05, 0) is 90.2 Å². The summed E-state index contributed by atoms with van der Waals surface area (Å²) in [6.07, 6.45) is -0.188. The molecule has 1 saturated heterocycles. The molecule has 2 aliphatic carbocycles. The van der Waals surface area contributed by atoms with Crippen LogP contribution in [0.25, 0.3) is 10.8 Å². The number of aromatic nitrogens is 1. The van der Waals surface area contributed by atoms with Crippen LogP contribution in [0.5, 0.6) is 11.6 Å². The summed E-state index contributed by atoms with van der Waals surface area (Å²) in [6.45, 7) is 8.42. The number of halogens is 4. The van der Waals surface area contributed by atoms with Crippen LogP contribution in [-0.2, 0) is 29.1 Å². The number of hydrogen-bond donors (Lipinski definition) is 3. The lowest BCUT2D eigenvalue weighted by Gasteiger charge is -2.34. The number of amides is 4. The number of hydrogen-bond acceptors (Lipinski definition) is 10. The maximum atomic E-state index is 14.8. The van der Waals surface area contributed by atoms with Gasteiger partial charge < -0.3 is 29.7 Å². The third-order valence-electron chi connectivity index (χ3n) is 11.4. The smallest absolute Gasteiger partial charge is 0.427 e. The van der Waals surface area contributed by atoms with Gasteiger partial charge in [-0.25, -0.2) is 18.2 Å². The number of benzene rings is 1. The standard InChI is InChI=1S/C40H51ClF3N5O9S/c1-21(2)56-30-19-45-34(27-12-9-13-28(41)31(27)30)57-25-17-29-33(50)47-39(36(52)48-59(54,55)26-14-15-26)18-24(39)11-8-7-10-22(3)16-23(4)32(35(51)49(29)20-25)46-37(53)58-38(5,6)40(42,43)44/h8-9,11-13,19,21-26,29,32H,7,10,14-18,20H2,1-6H3,(H,46,53)(H,47,50)(H,48,52)/b11-8-/t22-,23-,24-,25-,29+,32+,39-/m1/s1. The Balaban J connectivity index is 1.36. The highest BCUT2D eigenvalue weighted by Crippen LogP contribution is 2.46. The molecule has 14 nitrogen and oxygen atoms in total. The Morgan fingerprint density at radius 3 is 2.47 bits per heavy atom. The molecule has 3 fully saturated rings.